The summed E-state index contributed by atoms with van der Waals surface area (Å²) in [5.74, 6) is 0.361. The first-order valence-electron chi connectivity index (χ1n) is 5.33. The highest BCUT2D eigenvalue weighted by atomic mass is 35.5. The van der Waals surface area contributed by atoms with Crippen molar-refractivity contribution in [3.05, 3.63) is 29.0 Å². The molecular formula is C11H14ClN3O. The molecule has 1 amide bonds. The molecule has 1 atom stereocenters. The number of rotatable bonds is 4. The van der Waals surface area contributed by atoms with Gasteiger partial charge in [-0.25, -0.2) is 4.98 Å². The second-order valence-electron chi connectivity index (χ2n) is 4.01. The summed E-state index contributed by atoms with van der Waals surface area (Å²) in [4.78, 5) is 15.7. The first-order chi connectivity index (χ1) is 7.70. The van der Waals surface area contributed by atoms with E-state index in [9.17, 15) is 4.79 Å². The molecule has 1 aromatic rings. The van der Waals surface area contributed by atoms with Crippen LogP contribution in [0.25, 0.3) is 0 Å². The summed E-state index contributed by atoms with van der Waals surface area (Å²) in [7, 11) is 0. The van der Waals surface area contributed by atoms with Gasteiger partial charge in [0.15, 0.2) is 0 Å². The van der Waals surface area contributed by atoms with E-state index in [1.807, 2.05) is 0 Å². The number of carbonyl (C=O) groups excluding carboxylic acids is 1. The molecule has 1 heterocycles. The van der Waals surface area contributed by atoms with E-state index < -0.39 is 0 Å². The van der Waals surface area contributed by atoms with Gasteiger partial charge in [0.25, 0.3) is 5.91 Å². The third-order valence-electron chi connectivity index (χ3n) is 2.72. The number of nitrogens with zero attached hydrogens (tertiary/aromatic N) is 1. The molecule has 0 radical (unpaired) electrons. The lowest BCUT2D eigenvalue weighted by atomic mass is 10.2. The van der Waals surface area contributed by atoms with Gasteiger partial charge in [-0.3, -0.25) is 4.79 Å². The molecule has 0 aromatic carbocycles. The Morgan fingerprint density at radius 3 is 2.88 bits per heavy atom. The zero-order valence-electron chi connectivity index (χ0n) is 8.82. The van der Waals surface area contributed by atoms with E-state index in [2.05, 4.69) is 10.3 Å². The molecule has 1 saturated carbocycles. The predicted octanol–water partition coefficient (Wildman–Crippen LogP) is 1.20. The first kappa shape index (κ1) is 11.4. The molecule has 0 aliphatic heterocycles. The normalized spacial score (nSPS) is 16.9. The number of hydrogen-bond acceptors (Lipinski definition) is 3. The maximum absolute atomic E-state index is 11.8. The molecule has 1 aromatic heterocycles. The van der Waals surface area contributed by atoms with Gasteiger partial charge in [-0.05, 0) is 30.9 Å². The summed E-state index contributed by atoms with van der Waals surface area (Å²) >= 11 is 5.70. The Labute approximate surface area is 99.2 Å². The molecule has 1 unspecified atom stereocenters. The number of pyridine rings is 1. The zero-order chi connectivity index (χ0) is 11.5. The average molecular weight is 240 g/mol. The summed E-state index contributed by atoms with van der Waals surface area (Å²) in [6, 6.07) is 3.33. The highest BCUT2D eigenvalue weighted by Crippen LogP contribution is 2.32. The number of amides is 1. The lowest BCUT2D eigenvalue weighted by Crippen LogP contribution is -2.42. The van der Waals surface area contributed by atoms with Gasteiger partial charge in [0.2, 0.25) is 0 Å². The van der Waals surface area contributed by atoms with Crippen LogP contribution in [0, 0.1) is 5.92 Å². The minimum atomic E-state index is -0.181. The maximum Gasteiger partial charge on any atom is 0.270 e. The minimum absolute atomic E-state index is 0.0741. The van der Waals surface area contributed by atoms with E-state index in [0.29, 0.717) is 23.2 Å². The standard InChI is InChI=1S/C11H14ClN3O/c12-8-3-4-9(14-6-8)11(16)15-10(5-13)7-1-2-7/h3-4,6-7,10H,1-2,5,13H2,(H,15,16). The average Bonchev–Trinajstić information content (AvgIpc) is 3.10. The molecular weight excluding hydrogens is 226 g/mol. The van der Waals surface area contributed by atoms with Crippen LogP contribution in [0.1, 0.15) is 23.3 Å². The SMILES string of the molecule is NCC(NC(=O)c1ccc(Cl)cn1)C1CC1. The van der Waals surface area contributed by atoms with E-state index >= 15 is 0 Å². The van der Waals surface area contributed by atoms with Crippen LogP contribution < -0.4 is 11.1 Å². The Balaban J connectivity index is 1.98. The van der Waals surface area contributed by atoms with E-state index in [1.165, 1.54) is 6.20 Å². The van der Waals surface area contributed by atoms with Crippen molar-refractivity contribution in [3.8, 4) is 0 Å². The monoisotopic (exact) mass is 239 g/mol. The second kappa shape index (κ2) is 4.80. The van der Waals surface area contributed by atoms with Crippen LogP contribution in [0.4, 0.5) is 0 Å². The predicted molar refractivity (Wildman–Crippen MR) is 62.3 cm³/mol. The molecule has 4 nitrogen and oxygen atoms in total. The van der Waals surface area contributed by atoms with Gasteiger partial charge in [0.1, 0.15) is 5.69 Å². The van der Waals surface area contributed by atoms with Crippen LogP contribution in [0.15, 0.2) is 18.3 Å². The number of aromatic nitrogens is 1. The van der Waals surface area contributed by atoms with Crippen LogP contribution in [0.3, 0.4) is 0 Å². The van der Waals surface area contributed by atoms with Gasteiger partial charge in [-0.2, -0.15) is 0 Å². The molecule has 0 bridgehead atoms. The Bertz CT molecular complexity index is 375. The molecule has 1 fully saturated rings. The molecule has 1 aliphatic rings. The van der Waals surface area contributed by atoms with E-state index in [-0.39, 0.29) is 11.9 Å². The summed E-state index contributed by atoms with van der Waals surface area (Å²) in [5, 5.41) is 3.42. The molecule has 2 rings (SSSR count). The third-order valence-corrected chi connectivity index (χ3v) is 2.95. The van der Waals surface area contributed by atoms with Crippen LogP contribution in [-0.4, -0.2) is 23.5 Å². The molecule has 5 heteroatoms. The van der Waals surface area contributed by atoms with Crippen molar-refractivity contribution >= 4 is 17.5 Å². The zero-order valence-corrected chi connectivity index (χ0v) is 9.57. The molecule has 3 N–H and O–H groups in total. The third kappa shape index (κ3) is 2.71. The van der Waals surface area contributed by atoms with Gasteiger partial charge in [0.05, 0.1) is 5.02 Å². The van der Waals surface area contributed by atoms with Crippen molar-refractivity contribution in [2.75, 3.05) is 6.54 Å². The Morgan fingerprint density at radius 2 is 2.38 bits per heavy atom. The van der Waals surface area contributed by atoms with Gasteiger partial charge in [0, 0.05) is 18.8 Å². The number of hydrogen-bond donors (Lipinski definition) is 2. The molecule has 1 aliphatic carbocycles. The summed E-state index contributed by atoms with van der Waals surface area (Å²) in [6.07, 6.45) is 3.76. The van der Waals surface area contributed by atoms with Crippen molar-refractivity contribution in [1.82, 2.24) is 10.3 Å². The summed E-state index contributed by atoms with van der Waals surface area (Å²) in [6.45, 7) is 0.476. The van der Waals surface area contributed by atoms with E-state index in [0.717, 1.165) is 12.8 Å². The van der Waals surface area contributed by atoms with Crippen LogP contribution >= 0.6 is 11.6 Å². The topological polar surface area (TPSA) is 68.0 Å². The Kier molecular flexibility index (Phi) is 3.41. The number of nitrogens with one attached hydrogen (secondary N) is 1. The molecule has 86 valence electrons. The maximum atomic E-state index is 11.8. The van der Waals surface area contributed by atoms with Crippen molar-refractivity contribution in [3.63, 3.8) is 0 Å². The van der Waals surface area contributed by atoms with Crippen molar-refractivity contribution in [1.29, 1.82) is 0 Å². The van der Waals surface area contributed by atoms with Gasteiger partial charge in [-0.1, -0.05) is 11.6 Å². The lowest BCUT2D eigenvalue weighted by molar-refractivity contribution is 0.0928. The first-order valence-corrected chi connectivity index (χ1v) is 5.71. The minimum Gasteiger partial charge on any atom is -0.346 e. The Hall–Kier alpha value is -1.13. The van der Waals surface area contributed by atoms with Crippen LogP contribution in [-0.2, 0) is 0 Å². The lowest BCUT2D eigenvalue weighted by Gasteiger charge is -2.15. The van der Waals surface area contributed by atoms with Gasteiger partial charge < -0.3 is 11.1 Å². The smallest absolute Gasteiger partial charge is 0.270 e. The largest absolute Gasteiger partial charge is 0.346 e. The number of nitrogens with two attached hydrogens (primary N) is 1. The highest BCUT2D eigenvalue weighted by molar-refractivity contribution is 6.30. The molecule has 16 heavy (non-hydrogen) atoms. The quantitative estimate of drug-likeness (QED) is 0.830. The number of carbonyl (C=O) groups is 1. The highest BCUT2D eigenvalue weighted by Gasteiger charge is 2.31. The fourth-order valence-electron chi connectivity index (χ4n) is 1.62. The Morgan fingerprint density at radius 1 is 1.62 bits per heavy atom. The molecule has 0 spiro atoms. The van der Waals surface area contributed by atoms with Gasteiger partial charge >= 0.3 is 0 Å². The molecule has 0 saturated heterocycles. The van der Waals surface area contributed by atoms with Crippen LogP contribution in [0.2, 0.25) is 5.02 Å². The fourth-order valence-corrected chi connectivity index (χ4v) is 1.73. The van der Waals surface area contributed by atoms with Gasteiger partial charge in [-0.15, -0.1) is 0 Å². The fraction of sp³-hybridized carbons (Fsp3) is 0.455. The van der Waals surface area contributed by atoms with Crippen molar-refractivity contribution < 1.29 is 4.79 Å². The van der Waals surface area contributed by atoms with Crippen LogP contribution in [0.5, 0.6) is 0 Å². The van der Waals surface area contributed by atoms with Crippen molar-refractivity contribution in [2.45, 2.75) is 18.9 Å². The summed E-state index contributed by atoms with van der Waals surface area (Å²) in [5.41, 5.74) is 5.99. The van der Waals surface area contributed by atoms with Crippen molar-refractivity contribution in [2.24, 2.45) is 11.7 Å². The van der Waals surface area contributed by atoms with E-state index in [1.54, 1.807) is 12.1 Å². The second-order valence-corrected chi connectivity index (χ2v) is 4.45. The van der Waals surface area contributed by atoms with E-state index in [4.69, 9.17) is 17.3 Å². The summed E-state index contributed by atoms with van der Waals surface area (Å²) < 4.78 is 0. The number of halogens is 1.